The van der Waals surface area contributed by atoms with E-state index in [2.05, 4.69) is 18.9 Å². The smallest absolute Gasteiger partial charge is 0.00908 e. The lowest BCUT2D eigenvalue weighted by molar-refractivity contribution is 0.0761. The number of rotatable bonds is 0. The molecule has 0 amide bonds. The summed E-state index contributed by atoms with van der Waals surface area (Å²) in [6.45, 7) is 4.84. The molecule has 1 aliphatic carbocycles. The first-order valence-corrected chi connectivity index (χ1v) is 4.06. The van der Waals surface area contributed by atoms with Gasteiger partial charge >= 0.3 is 0 Å². The predicted octanol–water partition coefficient (Wildman–Crippen LogP) is 0.285. The van der Waals surface area contributed by atoms with E-state index in [9.17, 15) is 0 Å². The molecule has 2 aliphatic rings. The van der Waals surface area contributed by atoms with Gasteiger partial charge in [0, 0.05) is 19.1 Å². The number of fused-ring (bicyclic) bond motifs is 1. The molecule has 1 heterocycles. The van der Waals surface area contributed by atoms with Crippen LogP contribution in [0, 0.1) is 11.3 Å². The molecule has 0 aromatic carbocycles. The zero-order valence-corrected chi connectivity index (χ0v) is 6.80. The molecule has 1 aliphatic heterocycles. The fourth-order valence-corrected chi connectivity index (χ4v) is 2.74. The number of hydrogen-bond acceptors (Lipinski definition) is 2. The van der Waals surface area contributed by atoms with E-state index in [0.717, 1.165) is 5.92 Å². The molecular formula is C8H16N2. The summed E-state index contributed by atoms with van der Waals surface area (Å²) in [6, 6.07) is 0.495. The van der Waals surface area contributed by atoms with Crippen molar-refractivity contribution < 1.29 is 0 Å². The van der Waals surface area contributed by atoms with Crippen LogP contribution >= 0.6 is 0 Å². The van der Waals surface area contributed by atoms with Crippen molar-refractivity contribution in [2.24, 2.45) is 17.1 Å². The fraction of sp³-hybridized carbons (Fsp3) is 1.00. The molecule has 2 heteroatoms. The monoisotopic (exact) mass is 140 g/mol. The van der Waals surface area contributed by atoms with E-state index < -0.39 is 0 Å². The molecule has 1 saturated heterocycles. The molecule has 0 aromatic rings. The van der Waals surface area contributed by atoms with Crippen LogP contribution in [-0.2, 0) is 0 Å². The normalized spacial score (nSPS) is 54.3. The van der Waals surface area contributed by atoms with E-state index >= 15 is 0 Å². The van der Waals surface area contributed by atoms with E-state index in [1.54, 1.807) is 0 Å². The molecule has 3 atom stereocenters. The molecule has 0 spiro atoms. The van der Waals surface area contributed by atoms with E-state index in [1.807, 2.05) is 0 Å². The van der Waals surface area contributed by atoms with Crippen LogP contribution in [0.25, 0.3) is 0 Å². The molecule has 2 fully saturated rings. The molecule has 0 aromatic heterocycles. The second-order valence-corrected chi connectivity index (χ2v) is 4.33. The maximum absolute atomic E-state index is 5.88. The van der Waals surface area contributed by atoms with E-state index in [4.69, 9.17) is 5.73 Å². The second kappa shape index (κ2) is 1.74. The quantitative estimate of drug-likeness (QED) is 0.524. The van der Waals surface area contributed by atoms with Gasteiger partial charge in [-0.1, -0.05) is 6.92 Å². The highest BCUT2D eigenvalue weighted by Gasteiger charge is 2.53. The van der Waals surface area contributed by atoms with Gasteiger partial charge in [-0.2, -0.15) is 0 Å². The second-order valence-electron chi connectivity index (χ2n) is 4.33. The van der Waals surface area contributed by atoms with E-state index in [-0.39, 0.29) is 0 Å². The van der Waals surface area contributed by atoms with Crippen LogP contribution in [0.1, 0.15) is 13.3 Å². The minimum Gasteiger partial charge on any atom is -0.327 e. The minimum atomic E-state index is 0.495. The van der Waals surface area contributed by atoms with Crippen LogP contribution in [0.4, 0.5) is 0 Å². The molecule has 2 nitrogen and oxygen atoms in total. The number of hydrogen-bond donors (Lipinski definition) is 1. The first kappa shape index (κ1) is 6.62. The third-order valence-corrected chi connectivity index (χ3v) is 3.25. The van der Waals surface area contributed by atoms with Gasteiger partial charge in [0.1, 0.15) is 0 Å². The Morgan fingerprint density at radius 3 is 2.70 bits per heavy atom. The number of nitrogens with zero attached hydrogens (tertiary/aromatic N) is 1. The maximum Gasteiger partial charge on any atom is 0.00908 e. The van der Waals surface area contributed by atoms with Crippen LogP contribution in [0.15, 0.2) is 0 Å². The SMILES string of the molecule is CN1C[C@@H]2[C@H](N)C[C@]2(C)C1. The topological polar surface area (TPSA) is 29.3 Å². The summed E-state index contributed by atoms with van der Waals surface area (Å²) in [7, 11) is 2.19. The van der Waals surface area contributed by atoms with Gasteiger partial charge in [0.15, 0.2) is 0 Å². The first-order chi connectivity index (χ1) is 4.62. The Bertz CT molecular complexity index is 157. The van der Waals surface area contributed by atoms with Crippen LogP contribution in [0.2, 0.25) is 0 Å². The Morgan fingerprint density at radius 1 is 1.60 bits per heavy atom. The summed E-state index contributed by atoms with van der Waals surface area (Å²) in [4.78, 5) is 2.40. The Balaban J connectivity index is 2.12. The standard InChI is InChI=1S/C8H16N2/c1-8-3-7(9)6(8)4-10(2)5-8/h6-7H,3-5,9H2,1-2H3/t6-,7-,8-/m1/s1. The van der Waals surface area contributed by atoms with Crippen LogP contribution in [0.3, 0.4) is 0 Å². The van der Waals surface area contributed by atoms with Gasteiger partial charge in [-0.05, 0) is 24.8 Å². The third kappa shape index (κ3) is 0.663. The molecule has 0 radical (unpaired) electrons. The van der Waals surface area contributed by atoms with Gasteiger partial charge < -0.3 is 10.6 Å². The summed E-state index contributed by atoms with van der Waals surface area (Å²) in [5.41, 5.74) is 6.46. The molecule has 2 rings (SSSR count). The Labute approximate surface area is 62.4 Å². The molecule has 0 unspecified atom stereocenters. The largest absolute Gasteiger partial charge is 0.327 e. The van der Waals surface area contributed by atoms with Crippen LogP contribution in [0.5, 0.6) is 0 Å². The lowest BCUT2D eigenvalue weighted by Gasteiger charge is -2.46. The van der Waals surface area contributed by atoms with Crippen molar-refractivity contribution in [3.63, 3.8) is 0 Å². The van der Waals surface area contributed by atoms with Gasteiger partial charge in [-0.3, -0.25) is 0 Å². The fourth-order valence-electron chi connectivity index (χ4n) is 2.74. The summed E-state index contributed by atoms with van der Waals surface area (Å²) in [5, 5.41) is 0. The lowest BCUT2D eigenvalue weighted by Crippen LogP contribution is -2.53. The van der Waals surface area contributed by atoms with E-state index in [0.29, 0.717) is 11.5 Å². The van der Waals surface area contributed by atoms with Gasteiger partial charge in [0.05, 0.1) is 0 Å². The summed E-state index contributed by atoms with van der Waals surface area (Å²) in [5.74, 6) is 0.789. The van der Waals surface area contributed by atoms with Crippen molar-refractivity contribution in [2.45, 2.75) is 19.4 Å². The van der Waals surface area contributed by atoms with Crippen LogP contribution in [-0.4, -0.2) is 31.1 Å². The minimum absolute atomic E-state index is 0.495. The lowest BCUT2D eigenvalue weighted by atomic mass is 9.60. The summed E-state index contributed by atoms with van der Waals surface area (Å²) in [6.07, 6.45) is 1.24. The highest BCUT2D eigenvalue weighted by atomic mass is 15.2. The predicted molar refractivity (Wildman–Crippen MR) is 41.7 cm³/mol. The van der Waals surface area contributed by atoms with Crippen LogP contribution < -0.4 is 5.73 Å². The van der Waals surface area contributed by atoms with Crippen molar-refractivity contribution in [2.75, 3.05) is 20.1 Å². The summed E-state index contributed by atoms with van der Waals surface area (Å²) >= 11 is 0. The van der Waals surface area contributed by atoms with Gasteiger partial charge in [-0.25, -0.2) is 0 Å². The van der Waals surface area contributed by atoms with Crippen molar-refractivity contribution >= 4 is 0 Å². The van der Waals surface area contributed by atoms with Crippen molar-refractivity contribution in [3.05, 3.63) is 0 Å². The van der Waals surface area contributed by atoms with Crippen molar-refractivity contribution in [3.8, 4) is 0 Å². The van der Waals surface area contributed by atoms with Crippen molar-refractivity contribution in [1.29, 1.82) is 0 Å². The van der Waals surface area contributed by atoms with Gasteiger partial charge in [-0.15, -0.1) is 0 Å². The number of likely N-dealkylation sites (tertiary alicyclic amines) is 1. The Morgan fingerprint density at radius 2 is 2.30 bits per heavy atom. The third-order valence-electron chi connectivity index (χ3n) is 3.25. The molecule has 58 valence electrons. The van der Waals surface area contributed by atoms with Gasteiger partial charge in [0.25, 0.3) is 0 Å². The van der Waals surface area contributed by atoms with Crippen molar-refractivity contribution in [1.82, 2.24) is 4.90 Å². The first-order valence-electron chi connectivity index (χ1n) is 4.06. The average molecular weight is 140 g/mol. The zero-order chi connectivity index (χ0) is 7.35. The number of nitrogens with two attached hydrogens (primary N) is 1. The molecule has 2 N–H and O–H groups in total. The Hall–Kier alpha value is -0.0800. The molecule has 1 saturated carbocycles. The zero-order valence-electron chi connectivity index (χ0n) is 6.80. The summed E-state index contributed by atoms with van der Waals surface area (Å²) < 4.78 is 0. The average Bonchev–Trinajstić information content (AvgIpc) is 2.03. The van der Waals surface area contributed by atoms with Gasteiger partial charge in [0.2, 0.25) is 0 Å². The highest BCUT2D eigenvalue weighted by Crippen LogP contribution is 2.50. The Kier molecular flexibility index (Phi) is 1.15. The molecular weight excluding hydrogens is 124 g/mol. The maximum atomic E-state index is 5.88. The molecule has 10 heavy (non-hydrogen) atoms. The molecule has 0 bridgehead atoms. The van der Waals surface area contributed by atoms with E-state index in [1.165, 1.54) is 19.5 Å². The highest BCUT2D eigenvalue weighted by molar-refractivity contribution is 5.07.